The molecule has 0 aliphatic carbocycles. The van der Waals surface area contributed by atoms with Crippen LogP contribution in [0.4, 0.5) is 0 Å². The highest BCUT2D eigenvalue weighted by Crippen LogP contribution is 2.14. The maximum absolute atomic E-state index is 12.6. The zero-order valence-corrected chi connectivity index (χ0v) is 13.9. The molecule has 0 unspecified atom stereocenters. The molecule has 1 fully saturated rings. The molecule has 1 amide bonds. The molecule has 0 bridgehead atoms. The Morgan fingerprint density at radius 1 is 1.09 bits per heavy atom. The van der Waals surface area contributed by atoms with Gasteiger partial charge in [0, 0.05) is 38.7 Å². The number of carbonyl (C=O) groups is 1. The van der Waals surface area contributed by atoms with Gasteiger partial charge in [0.15, 0.2) is 0 Å². The van der Waals surface area contributed by atoms with Crippen molar-refractivity contribution in [3.63, 3.8) is 0 Å². The van der Waals surface area contributed by atoms with Crippen molar-refractivity contribution in [1.29, 1.82) is 0 Å². The summed E-state index contributed by atoms with van der Waals surface area (Å²) in [4.78, 5) is 16.7. The number of aromatic nitrogens is 2. The van der Waals surface area contributed by atoms with E-state index in [4.69, 9.17) is 4.42 Å². The van der Waals surface area contributed by atoms with E-state index in [2.05, 4.69) is 22.0 Å². The van der Waals surface area contributed by atoms with E-state index >= 15 is 0 Å². The Labute approximate surface area is 136 Å². The summed E-state index contributed by atoms with van der Waals surface area (Å²) in [5, 5.41) is 7.86. The zero-order valence-electron chi connectivity index (χ0n) is 13.9. The summed E-state index contributed by atoms with van der Waals surface area (Å²) in [6, 6.07) is 5.90. The lowest BCUT2D eigenvalue weighted by Gasteiger charge is -2.34. The van der Waals surface area contributed by atoms with Crippen molar-refractivity contribution in [2.75, 3.05) is 26.2 Å². The maximum Gasteiger partial charge on any atom is 0.253 e. The Morgan fingerprint density at radius 3 is 2.43 bits per heavy atom. The van der Waals surface area contributed by atoms with Gasteiger partial charge >= 0.3 is 0 Å². The van der Waals surface area contributed by atoms with Crippen LogP contribution in [0.2, 0.25) is 0 Å². The van der Waals surface area contributed by atoms with E-state index in [1.165, 1.54) is 5.56 Å². The molecule has 23 heavy (non-hydrogen) atoms. The third-order valence-electron chi connectivity index (χ3n) is 4.34. The average molecular weight is 314 g/mol. The van der Waals surface area contributed by atoms with Crippen LogP contribution in [0, 0.1) is 20.8 Å². The topological polar surface area (TPSA) is 62.5 Å². The summed E-state index contributed by atoms with van der Waals surface area (Å²) >= 11 is 0. The number of hydrogen-bond acceptors (Lipinski definition) is 5. The van der Waals surface area contributed by atoms with E-state index < -0.39 is 0 Å². The normalized spacial score (nSPS) is 15.9. The van der Waals surface area contributed by atoms with Crippen molar-refractivity contribution in [1.82, 2.24) is 20.0 Å². The molecular weight excluding hydrogens is 292 g/mol. The summed E-state index contributed by atoms with van der Waals surface area (Å²) in [6.07, 6.45) is 0. The number of aryl methyl sites for hydroxylation is 3. The SMILES string of the molecule is Cc1nnc(CN2CCN(C(=O)c3ccc(C)c(C)c3)CC2)o1. The van der Waals surface area contributed by atoms with Crippen molar-refractivity contribution in [3.8, 4) is 0 Å². The number of benzene rings is 1. The highest BCUT2D eigenvalue weighted by molar-refractivity contribution is 5.94. The molecule has 0 spiro atoms. The molecule has 0 N–H and O–H groups in total. The van der Waals surface area contributed by atoms with E-state index in [0.717, 1.165) is 37.3 Å². The van der Waals surface area contributed by atoms with Gasteiger partial charge in [0.25, 0.3) is 5.91 Å². The highest BCUT2D eigenvalue weighted by atomic mass is 16.4. The second kappa shape index (κ2) is 6.50. The second-order valence-corrected chi connectivity index (χ2v) is 6.08. The fourth-order valence-electron chi connectivity index (χ4n) is 2.76. The van der Waals surface area contributed by atoms with Crippen LogP contribution in [-0.4, -0.2) is 52.1 Å². The predicted molar refractivity (Wildman–Crippen MR) is 86.1 cm³/mol. The van der Waals surface area contributed by atoms with Gasteiger partial charge in [-0.2, -0.15) is 0 Å². The molecule has 1 aromatic carbocycles. The van der Waals surface area contributed by atoms with Crippen molar-refractivity contribution < 1.29 is 9.21 Å². The molecular formula is C17H22N4O2. The Bertz CT molecular complexity index is 702. The Kier molecular flexibility index (Phi) is 4.43. The molecule has 3 rings (SSSR count). The molecule has 2 heterocycles. The van der Waals surface area contributed by atoms with Gasteiger partial charge in [-0.1, -0.05) is 6.07 Å². The summed E-state index contributed by atoms with van der Waals surface area (Å²) < 4.78 is 5.41. The van der Waals surface area contributed by atoms with Gasteiger partial charge in [-0.05, 0) is 37.1 Å². The van der Waals surface area contributed by atoms with Crippen LogP contribution in [0.1, 0.15) is 33.3 Å². The first-order valence-corrected chi connectivity index (χ1v) is 7.91. The molecule has 0 atom stereocenters. The molecule has 1 saturated heterocycles. The van der Waals surface area contributed by atoms with E-state index in [0.29, 0.717) is 18.3 Å². The Morgan fingerprint density at radius 2 is 1.83 bits per heavy atom. The van der Waals surface area contributed by atoms with Crippen molar-refractivity contribution >= 4 is 5.91 Å². The molecule has 6 heteroatoms. The predicted octanol–water partition coefficient (Wildman–Crippen LogP) is 1.95. The summed E-state index contributed by atoms with van der Waals surface area (Å²) in [7, 11) is 0. The van der Waals surface area contributed by atoms with Crippen molar-refractivity contribution in [2.24, 2.45) is 0 Å². The minimum Gasteiger partial charge on any atom is -0.424 e. The lowest BCUT2D eigenvalue weighted by molar-refractivity contribution is 0.0617. The van der Waals surface area contributed by atoms with Crippen LogP contribution in [0.3, 0.4) is 0 Å². The minimum atomic E-state index is 0.112. The van der Waals surface area contributed by atoms with Crippen molar-refractivity contribution in [2.45, 2.75) is 27.3 Å². The average Bonchev–Trinajstić information content (AvgIpc) is 2.95. The number of hydrogen-bond donors (Lipinski definition) is 0. The summed E-state index contributed by atoms with van der Waals surface area (Å²) in [6.45, 7) is 9.61. The van der Waals surface area contributed by atoms with Gasteiger partial charge in [0.05, 0.1) is 6.54 Å². The number of nitrogens with zero attached hydrogens (tertiary/aromatic N) is 4. The molecule has 122 valence electrons. The first-order valence-electron chi connectivity index (χ1n) is 7.91. The van der Waals surface area contributed by atoms with Gasteiger partial charge in [0.1, 0.15) is 0 Å². The minimum absolute atomic E-state index is 0.112. The van der Waals surface area contributed by atoms with E-state index in [-0.39, 0.29) is 5.91 Å². The quantitative estimate of drug-likeness (QED) is 0.866. The fourth-order valence-corrected chi connectivity index (χ4v) is 2.76. The first kappa shape index (κ1) is 15.7. The third kappa shape index (κ3) is 3.59. The number of rotatable bonds is 3. The fraction of sp³-hybridized carbons (Fsp3) is 0.471. The van der Waals surface area contributed by atoms with Gasteiger partial charge in [0.2, 0.25) is 11.8 Å². The van der Waals surface area contributed by atoms with Gasteiger partial charge in [-0.25, -0.2) is 0 Å². The van der Waals surface area contributed by atoms with E-state index in [9.17, 15) is 4.79 Å². The zero-order chi connectivity index (χ0) is 16.4. The van der Waals surface area contributed by atoms with Gasteiger partial charge in [-0.15, -0.1) is 10.2 Å². The van der Waals surface area contributed by atoms with Gasteiger partial charge in [-0.3, -0.25) is 9.69 Å². The van der Waals surface area contributed by atoms with Gasteiger partial charge < -0.3 is 9.32 Å². The van der Waals surface area contributed by atoms with Crippen LogP contribution in [-0.2, 0) is 6.54 Å². The molecule has 1 aliphatic heterocycles. The Balaban J connectivity index is 1.57. The second-order valence-electron chi connectivity index (χ2n) is 6.08. The standard InChI is InChI=1S/C17H22N4O2/c1-12-4-5-15(10-13(12)2)17(22)21-8-6-20(7-9-21)11-16-19-18-14(3)23-16/h4-5,10H,6-9,11H2,1-3H3. The largest absolute Gasteiger partial charge is 0.424 e. The lowest BCUT2D eigenvalue weighted by Crippen LogP contribution is -2.48. The molecule has 1 aliphatic rings. The monoisotopic (exact) mass is 314 g/mol. The third-order valence-corrected chi connectivity index (χ3v) is 4.34. The van der Waals surface area contributed by atoms with Crippen LogP contribution in [0.15, 0.2) is 22.6 Å². The van der Waals surface area contributed by atoms with Crippen LogP contribution in [0.25, 0.3) is 0 Å². The maximum atomic E-state index is 12.6. The Hall–Kier alpha value is -2.21. The van der Waals surface area contributed by atoms with Crippen LogP contribution < -0.4 is 0 Å². The molecule has 6 nitrogen and oxygen atoms in total. The first-order chi connectivity index (χ1) is 11.0. The molecule has 1 aromatic heterocycles. The number of carbonyl (C=O) groups excluding carboxylic acids is 1. The van der Waals surface area contributed by atoms with Crippen LogP contribution in [0.5, 0.6) is 0 Å². The number of piperazine rings is 1. The lowest BCUT2D eigenvalue weighted by atomic mass is 10.1. The van der Waals surface area contributed by atoms with E-state index in [1.807, 2.05) is 30.0 Å². The highest BCUT2D eigenvalue weighted by Gasteiger charge is 2.23. The molecule has 0 radical (unpaired) electrons. The number of amides is 1. The smallest absolute Gasteiger partial charge is 0.253 e. The summed E-state index contributed by atoms with van der Waals surface area (Å²) in [5.41, 5.74) is 3.14. The van der Waals surface area contributed by atoms with E-state index in [1.54, 1.807) is 6.92 Å². The van der Waals surface area contributed by atoms with Crippen molar-refractivity contribution in [3.05, 3.63) is 46.7 Å². The molecule has 2 aromatic rings. The summed E-state index contributed by atoms with van der Waals surface area (Å²) in [5.74, 6) is 1.33. The molecule has 0 saturated carbocycles. The van der Waals surface area contributed by atoms with Crippen LogP contribution >= 0.6 is 0 Å².